The van der Waals surface area contributed by atoms with E-state index in [4.69, 9.17) is 9.47 Å². The van der Waals surface area contributed by atoms with E-state index in [0.29, 0.717) is 18.0 Å². The largest absolute Gasteiger partial charge is 0.497 e. The molecule has 6 heteroatoms. The predicted octanol–water partition coefficient (Wildman–Crippen LogP) is 2.83. The first-order valence-electron chi connectivity index (χ1n) is 8.54. The average molecular weight is 341 g/mol. The molecule has 2 aromatic rings. The fourth-order valence-corrected chi connectivity index (χ4v) is 3.28. The summed E-state index contributed by atoms with van der Waals surface area (Å²) in [6.07, 6.45) is 2.40. The number of hydrogen-bond donors (Lipinski definition) is 0. The Morgan fingerprint density at radius 1 is 1.36 bits per heavy atom. The Bertz CT molecular complexity index is 763. The highest BCUT2D eigenvalue weighted by atomic mass is 16.5. The monoisotopic (exact) mass is 341 g/mol. The lowest BCUT2D eigenvalue weighted by Crippen LogP contribution is -2.30. The Morgan fingerprint density at radius 2 is 2.20 bits per heavy atom. The van der Waals surface area contributed by atoms with E-state index in [1.54, 1.807) is 20.1 Å². The second kappa shape index (κ2) is 7.51. The minimum Gasteiger partial charge on any atom is -0.497 e. The zero-order valence-corrected chi connectivity index (χ0v) is 14.9. The van der Waals surface area contributed by atoms with Crippen molar-refractivity contribution in [3.63, 3.8) is 0 Å². The number of anilines is 1. The van der Waals surface area contributed by atoms with Crippen molar-refractivity contribution in [1.29, 1.82) is 0 Å². The van der Waals surface area contributed by atoms with Crippen LogP contribution in [0.15, 0.2) is 30.5 Å². The molecular formula is C19H23N3O3. The van der Waals surface area contributed by atoms with E-state index in [2.05, 4.69) is 34.2 Å². The molecule has 1 aliphatic rings. The highest BCUT2D eigenvalue weighted by Crippen LogP contribution is 2.31. The number of hydrogen-bond acceptors (Lipinski definition) is 6. The van der Waals surface area contributed by atoms with Crippen LogP contribution in [0.25, 0.3) is 0 Å². The van der Waals surface area contributed by atoms with Crippen LogP contribution in [0.5, 0.6) is 5.75 Å². The fourth-order valence-electron chi connectivity index (χ4n) is 3.28. The van der Waals surface area contributed by atoms with Crippen molar-refractivity contribution in [3.8, 4) is 5.75 Å². The van der Waals surface area contributed by atoms with Gasteiger partial charge in [-0.3, -0.25) is 0 Å². The van der Waals surface area contributed by atoms with Crippen LogP contribution < -0.4 is 9.64 Å². The van der Waals surface area contributed by atoms with Gasteiger partial charge in [0.05, 0.1) is 19.9 Å². The highest BCUT2D eigenvalue weighted by molar-refractivity contribution is 5.94. The van der Waals surface area contributed by atoms with Crippen LogP contribution >= 0.6 is 0 Å². The molecule has 1 aromatic heterocycles. The molecule has 0 amide bonds. The van der Waals surface area contributed by atoms with Gasteiger partial charge in [-0.1, -0.05) is 13.0 Å². The van der Waals surface area contributed by atoms with Crippen molar-refractivity contribution in [2.24, 2.45) is 0 Å². The first kappa shape index (κ1) is 17.2. The summed E-state index contributed by atoms with van der Waals surface area (Å²) in [6, 6.07) is 7.89. The van der Waals surface area contributed by atoms with Crippen LogP contribution in [0.1, 0.15) is 41.3 Å². The Labute approximate surface area is 147 Å². The summed E-state index contributed by atoms with van der Waals surface area (Å²) in [4.78, 5) is 14.4. The second-order valence-corrected chi connectivity index (χ2v) is 6.15. The molecule has 2 heterocycles. The molecule has 0 bridgehead atoms. The summed E-state index contributed by atoms with van der Waals surface area (Å²) >= 11 is 0. The van der Waals surface area contributed by atoms with Crippen molar-refractivity contribution in [1.82, 2.24) is 10.2 Å². The number of benzene rings is 1. The van der Waals surface area contributed by atoms with Gasteiger partial charge in [0.1, 0.15) is 11.3 Å². The molecule has 132 valence electrons. The first-order valence-corrected chi connectivity index (χ1v) is 8.54. The van der Waals surface area contributed by atoms with Gasteiger partial charge in [0.15, 0.2) is 5.82 Å². The number of methoxy groups -OCH3 is 1. The molecule has 3 rings (SSSR count). The van der Waals surface area contributed by atoms with Crippen LogP contribution in [0.2, 0.25) is 0 Å². The van der Waals surface area contributed by atoms with Gasteiger partial charge in [-0.25, -0.2) is 4.79 Å². The zero-order valence-electron chi connectivity index (χ0n) is 14.9. The lowest BCUT2D eigenvalue weighted by molar-refractivity contribution is 0.0526. The van der Waals surface area contributed by atoms with Crippen molar-refractivity contribution >= 4 is 11.8 Å². The number of ether oxygens (including phenoxy) is 2. The maximum absolute atomic E-state index is 12.2. The number of carbonyl (C=O) groups excluding carboxylic acids is 1. The summed E-state index contributed by atoms with van der Waals surface area (Å²) < 4.78 is 10.5. The third-order valence-corrected chi connectivity index (χ3v) is 4.53. The van der Waals surface area contributed by atoms with Gasteiger partial charge in [-0.05, 0) is 48.6 Å². The van der Waals surface area contributed by atoms with Gasteiger partial charge in [0, 0.05) is 13.1 Å². The quantitative estimate of drug-likeness (QED) is 0.797. The SMILES string of the molecule is CCOC(=O)c1ccnnc1N1CCc2ccc(OC)cc2C(C)C1. The van der Waals surface area contributed by atoms with Gasteiger partial charge in [0.25, 0.3) is 0 Å². The van der Waals surface area contributed by atoms with Gasteiger partial charge in [-0.15, -0.1) is 5.10 Å². The molecule has 0 fully saturated rings. The summed E-state index contributed by atoms with van der Waals surface area (Å²) in [5.41, 5.74) is 3.05. The molecule has 25 heavy (non-hydrogen) atoms. The molecule has 0 saturated heterocycles. The van der Waals surface area contributed by atoms with E-state index >= 15 is 0 Å². The Morgan fingerprint density at radius 3 is 2.96 bits per heavy atom. The summed E-state index contributed by atoms with van der Waals surface area (Å²) in [7, 11) is 1.68. The van der Waals surface area contributed by atoms with E-state index in [1.807, 2.05) is 6.07 Å². The van der Waals surface area contributed by atoms with E-state index < -0.39 is 0 Å². The maximum Gasteiger partial charge on any atom is 0.342 e. The maximum atomic E-state index is 12.2. The van der Waals surface area contributed by atoms with E-state index in [0.717, 1.165) is 25.3 Å². The van der Waals surface area contributed by atoms with E-state index in [1.165, 1.54) is 17.3 Å². The number of aromatic nitrogens is 2. The molecule has 0 N–H and O–H groups in total. The third-order valence-electron chi connectivity index (χ3n) is 4.53. The summed E-state index contributed by atoms with van der Waals surface area (Å²) in [5.74, 6) is 1.38. The average Bonchev–Trinajstić information content (AvgIpc) is 2.80. The number of fused-ring (bicyclic) bond motifs is 1. The highest BCUT2D eigenvalue weighted by Gasteiger charge is 2.25. The predicted molar refractivity (Wildman–Crippen MR) is 95.3 cm³/mol. The molecule has 6 nitrogen and oxygen atoms in total. The van der Waals surface area contributed by atoms with Gasteiger partial charge < -0.3 is 14.4 Å². The van der Waals surface area contributed by atoms with Crippen LogP contribution in [0, 0.1) is 0 Å². The van der Waals surface area contributed by atoms with Crippen LogP contribution in [-0.2, 0) is 11.2 Å². The molecule has 1 unspecified atom stereocenters. The number of carbonyl (C=O) groups is 1. The van der Waals surface area contributed by atoms with Crippen molar-refractivity contribution < 1.29 is 14.3 Å². The molecule has 1 aliphatic heterocycles. The Balaban J connectivity index is 1.90. The van der Waals surface area contributed by atoms with Gasteiger partial charge in [-0.2, -0.15) is 5.10 Å². The lowest BCUT2D eigenvalue weighted by atomic mass is 9.95. The zero-order chi connectivity index (χ0) is 17.8. The number of esters is 1. The third kappa shape index (κ3) is 3.57. The van der Waals surface area contributed by atoms with Gasteiger partial charge >= 0.3 is 5.97 Å². The molecule has 0 saturated carbocycles. The molecule has 0 spiro atoms. The molecule has 0 aliphatic carbocycles. The fraction of sp³-hybridized carbons (Fsp3) is 0.421. The minimum atomic E-state index is -0.358. The van der Waals surface area contributed by atoms with Crippen molar-refractivity contribution in [3.05, 3.63) is 47.2 Å². The first-order chi connectivity index (χ1) is 12.1. The van der Waals surface area contributed by atoms with Crippen molar-refractivity contribution in [2.45, 2.75) is 26.2 Å². The molecular weight excluding hydrogens is 318 g/mol. The normalized spacial score (nSPS) is 16.8. The standard InChI is InChI=1S/C19H23N3O3/c1-4-25-19(23)16-7-9-20-21-18(16)22-10-8-14-5-6-15(24-3)11-17(14)13(2)12-22/h5-7,9,11,13H,4,8,10,12H2,1-3H3. The van der Waals surface area contributed by atoms with Gasteiger partial charge in [0.2, 0.25) is 0 Å². The van der Waals surface area contributed by atoms with Crippen molar-refractivity contribution in [2.75, 3.05) is 31.7 Å². The van der Waals surface area contributed by atoms with Crippen LogP contribution in [0.4, 0.5) is 5.82 Å². The summed E-state index contributed by atoms with van der Waals surface area (Å²) in [6.45, 7) is 5.84. The number of rotatable bonds is 4. The lowest BCUT2D eigenvalue weighted by Gasteiger charge is -2.25. The van der Waals surface area contributed by atoms with E-state index in [9.17, 15) is 4.79 Å². The number of nitrogens with zero attached hydrogens (tertiary/aromatic N) is 3. The Kier molecular flexibility index (Phi) is 5.16. The van der Waals surface area contributed by atoms with E-state index in [-0.39, 0.29) is 11.9 Å². The molecule has 1 atom stereocenters. The van der Waals surface area contributed by atoms with Crippen LogP contribution in [0.3, 0.4) is 0 Å². The topological polar surface area (TPSA) is 64.5 Å². The minimum absolute atomic E-state index is 0.282. The molecule has 0 radical (unpaired) electrons. The second-order valence-electron chi connectivity index (χ2n) is 6.15. The summed E-state index contributed by atoms with van der Waals surface area (Å²) in [5, 5.41) is 8.20. The molecule has 1 aromatic carbocycles. The van der Waals surface area contributed by atoms with Crippen LogP contribution in [-0.4, -0.2) is 43.0 Å². The Hall–Kier alpha value is -2.63. The smallest absolute Gasteiger partial charge is 0.342 e.